The van der Waals surface area contributed by atoms with Gasteiger partial charge in [-0.1, -0.05) is 23.7 Å². The van der Waals surface area contributed by atoms with Gasteiger partial charge in [-0.05, 0) is 56.2 Å². The highest BCUT2D eigenvalue weighted by atomic mass is 35.5. The molecule has 2 aromatic carbocycles. The predicted molar refractivity (Wildman–Crippen MR) is 119 cm³/mol. The molecular formula is C21H27ClN2O5S. The van der Waals surface area contributed by atoms with E-state index < -0.39 is 22.0 Å². The fourth-order valence-corrected chi connectivity index (χ4v) is 4.38. The first-order valence-electron chi connectivity index (χ1n) is 9.36. The number of benzene rings is 2. The van der Waals surface area contributed by atoms with E-state index in [1.54, 1.807) is 12.1 Å². The maximum atomic E-state index is 12.6. The van der Waals surface area contributed by atoms with E-state index in [1.165, 1.54) is 20.1 Å². The van der Waals surface area contributed by atoms with Crippen molar-refractivity contribution in [2.45, 2.75) is 26.8 Å². The first-order valence-corrected chi connectivity index (χ1v) is 11.6. The molecule has 0 aliphatic carbocycles. The fraction of sp³-hybridized carbons (Fsp3) is 0.381. The third-order valence-electron chi connectivity index (χ3n) is 4.69. The van der Waals surface area contributed by atoms with Crippen LogP contribution >= 0.6 is 11.6 Å². The van der Waals surface area contributed by atoms with E-state index in [-0.39, 0.29) is 23.9 Å². The number of carbonyl (C=O) groups excluding carboxylic acids is 1. The molecule has 0 heterocycles. The summed E-state index contributed by atoms with van der Waals surface area (Å²) in [5.41, 5.74) is 2.43. The van der Waals surface area contributed by atoms with Gasteiger partial charge in [0, 0.05) is 0 Å². The van der Waals surface area contributed by atoms with Crippen molar-refractivity contribution in [3.8, 4) is 11.5 Å². The summed E-state index contributed by atoms with van der Waals surface area (Å²) in [7, 11) is -2.28. The molecule has 9 heteroatoms. The third-order valence-corrected chi connectivity index (χ3v) is 6.23. The Balaban J connectivity index is 2.05. The minimum absolute atomic E-state index is 0.234. The van der Waals surface area contributed by atoms with Gasteiger partial charge in [-0.25, -0.2) is 8.42 Å². The van der Waals surface area contributed by atoms with Crippen molar-refractivity contribution in [3.05, 3.63) is 52.5 Å². The largest absolute Gasteiger partial charge is 0.495 e. The summed E-state index contributed by atoms with van der Waals surface area (Å²) in [5, 5.41) is 2.97. The summed E-state index contributed by atoms with van der Waals surface area (Å²) in [6.07, 6.45) is 1.04. The van der Waals surface area contributed by atoms with Gasteiger partial charge in [0.05, 0.1) is 30.6 Å². The summed E-state index contributed by atoms with van der Waals surface area (Å²) in [5.74, 6) is 0.717. The lowest BCUT2D eigenvalue weighted by atomic mass is 10.1. The summed E-state index contributed by atoms with van der Waals surface area (Å²) >= 11 is 6.13. The number of hydrogen-bond donors (Lipinski definition) is 1. The molecule has 0 spiro atoms. The van der Waals surface area contributed by atoms with Crippen molar-refractivity contribution >= 4 is 33.2 Å². The molecule has 1 unspecified atom stereocenters. The summed E-state index contributed by atoms with van der Waals surface area (Å²) in [6.45, 7) is 5.97. The molecule has 7 nitrogen and oxygen atoms in total. The molecule has 0 aliphatic rings. The molecule has 0 saturated carbocycles. The minimum atomic E-state index is -3.74. The van der Waals surface area contributed by atoms with Crippen LogP contribution in [0.25, 0.3) is 0 Å². The topological polar surface area (TPSA) is 84.9 Å². The zero-order valence-corrected chi connectivity index (χ0v) is 19.3. The Kier molecular flexibility index (Phi) is 7.97. The van der Waals surface area contributed by atoms with Gasteiger partial charge >= 0.3 is 0 Å². The van der Waals surface area contributed by atoms with Crippen LogP contribution in [0.3, 0.4) is 0 Å². The number of nitrogens with one attached hydrogen (secondary N) is 1. The maximum absolute atomic E-state index is 12.6. The van der Waals surface area contributed by atoms with Crippen molar-refractivity contribution in [2.75, 3.05) is 30.8 Å². The number of rotatable bonds is 9. The van der Waals surface area contributed by atoms with Gasteiger partial charge in [0.2, 0.25) is 15.9 Å². The lowest BCUT2D eigenvalue weighted by molar-refractivity contribution is -0.121. The normalized spacial score (nSPS) is 12.2. The zero-order valence-electron chi connectivity index (χ0n) is 17.7. The molecule has 1 atom stereocenters. The van der Waals surface area contributed by atoms with Crippen LogP contribution in [-0.4, -0.2) is 46.9 Å². The predicted octanol–water partition coefficient (Wildman–Crippen LogP) is 3.32. The number of anilines is 1. The number of amides is 1. The molecule has 1 N–H and O–H groups in total. The zero-order chi connectivity index (χ0) is 22.5. The van der Waals surface area contributed by atoms with E-state index in [1.807, 2.05) is 32.0 Å². The van der Waals surface area contributed by atoms with E-state index in [2.05, 4.69) is 5.32 Å². The summed E-state index contributed by atoms with van der Waals surface area (Å²) in [6, 6.07) is 9.34. The Morgan fingerprint density at radius 1 is 1.20 bits per heavy atom. The van der Waals surface area contributed by atoms with Gasteiger partial charge in [0.25, 0.3) is 0 Å². The number of halogens is 1. The van der Waals surface area contributed by atoms with E-state index in [9.17, 15) is 13.2 Å². The number of carbonyl (C=O) groups is 1. The molecule has 164 valence electrons. The quantitative estimate of drug-likeness (QED) is 0.587. The van der Waals surface area contributed by atoms with E-state index in [0.717, 1.165) is 27.4 Å². The molecule has 0 fully saturated rings. The molecular weight excluding hydrogens is 428 g/mol. The number of aryl methyl sites for hydroxylation is 1. The second-order valence-electron chi connectivity index (χ2n) is 6.89. The number of nitrogens with zero attached hydrogens (tertiary/aromatic N) is 1. The minimum Gasteiger partial charge on any atom is -0.495 e. The van der Waals surface area contributed by atoms with Crippen molar-refractivity contribution in [1.29, 1.82) is 0 Å². The number of sulfonamides is 1. The highest BCUT2D eigenvalue weighted by Gasteiger charge is 2.29. The Labute approximate surface area is 183 Å². The van der Waals surface area contributed by atoms with Gasteiger partial charge in [-0.2, -0.15) is 0 Å². The molecule has 2 rings (SSSR count). The Bertz CT molecular complexity index is 1010. The fourth-order valence-electron chi connectivity index (χ4n) is 2.96. The second-order valence-corrected chi connectivity index (χ2v) is 9.16. The van der Waals surface area contributed by atoms with E-state index in [4.69, 9.17) is 21.1 Å². The van der Waals surface area contributed by atoms with Crippen LogP contribution in [0.15, 0.2) is 36.4 Å². The van der Waals surface area contributed by atoms with Crippen molar-refractivity contribution in [1.82, 2.24) is 5.32 Å². The number of ether oxygens (including phenoxy) is 2. The van der Waals surface area contributed by atoms with Gasteiger partial charge in [0.15, 0.2) is 0 Å². The van der Waals surface area contributed by atoms with Crippen LogP contribution in [0.2, 0.25) is 5.02 Å². The molecule has 0 radical (unpaired) electrons. The molecule has 0 aliphatic heterocycles. The van der Waals surface area contributed by atoms with Crippen molar-refractivity contribution in [3.63, 3.8) is 0 Å². The number of methoxy groups -OCH3 is 1. The molecule has 1 amide bonds. The van der Waals surface area contributed by atoms with Crippen LogP contribution in [0.5, 0.6) is 11.5 Å². The third kappa shape index (κ3) is 5.79. The molecule has 0 bridgehead atoms. The van der Waals surface area contributed by atoms with Gasteiger partial charge in [0.1, 0.15) is 24.1 Å². The van der Waals surface area contributed by atoms with Gasteiger partial charge in [-0.15, -0.1) is 0 Å². The maximum Gasteiger partial charge on any atom is 0.243 e. The lowest BCUT2D eigenvalue weighted by Gasteiger charge is -2.28. The highest BCUT2D eigenvalue weighted by molar-refractivity contribution is 7.92. The van der Waals surface area contributed by atoms with Crippen molar-refractivity contribution in [2.24, 2.45) is 0 Å². The highest BCUT2D eigenvalue weighted by Crippen LogP contribution is 2.31. The molecule has 2 aromatic rings. The van der Waals surface area contributed by atoms with Crippen LogP contribution in [-0.2, 0) is 14.8 Å². The Morgan fingerprint density at radius 3 is 2.50 bits per heavy atom. The van der Waals surface area contributed by atoms with Crippen LogP contribution in [0.4, 0.5) is 5.69 Å². The van der Waals surface area contributed by atoms with Crippen LogP contribution in [0.1, 0.15) is 18.1 Å². The molecule has 0 saturated heterocycles. The lowest BCUT2D eigenvalue weighted by Crippen LogP contribution is -2.48. The molecule has 30 heavy (non-hydrogen) atoms. The Morgan fingerprint density at radius 2 is 1.90 bits per heavy atom. The number of hydrogen-bond acceptors (Lipinski definition) is 5. The monoisotopic (exact) mass is 454 g/mol. The van der Waals surface area contributed by atoms with E-state index >= 15 is 0 Å². The van der Waals surface area contributed by atoms with Crippen molar-refractivity contribution < 1.29 is 22.7 Å². The standard InChI is InChI=1S/C21H27ClN2O5S/c1-14-7-6-8-19(15(14)2)29-12-11-23-21(25)16(3)24(30(5,26)27)17-9-10-20(28-4)18(22)13-17/h6-10,13,16H,11-12H2,1-5H3,(H,23,25). The summed E-state index contributed by atoms with van der Waals surface area (Å²) in [4.78, 5) is 12.6. The molecule has 0 aromatic heterocycles. The van der Waals surface area contributed by atoms with Crippen LogP contribution < -0.4 is 19.1 Å². The Hall–Kier alpha value is -2.45. The average molecular weight is 455 g/mol. The van der Waals surface area contributed by atoms with Gasteiger partial charge < -0.3 is 14.8 Å². The van der Waals surface area contributed by atoms with Crippen LogP contribution in [0, 0.1) is 13.8 Å². The average Bonchev–Trinajstić information content (AvgIpc) is 2.67. The van der Waals surface area contributed by atoms with Gasteiger partial charge in [-0.3, -0.25) is 9.10 Å². The summed E-state index contributed by atoms with van der Waals surface area (Å²) < 4.78 is 36.6. The SMILES string of the molecule is COc1ccc(N(C(C)C(=O)NCCOc2cccc(C)c2C)S(C)(=O)=O)cc1Cl. The first kappa shape index (κ1) is 23.8. The van der Waals surface area contributed by atoms with E-state index in [0.29, 0.717) is 5.75 Å². The smallest absolute Gasteiger partial charge is 0.243 e. The first-order chi connectivity index (χ1) is 14.1. The second kappa shape index (κ2) is 10.0.